The molecule has 0 atom stereocenters. The summed E-state index contributed by atoms with van der Waals surface area (Å²) in [7, 11) is 3.64. The second-order valence-corrected chi connectivity index (χ2v) is 4.96. The molecule has 2 aromatic rings. The molecule has 0 fully saturated rings. The number of benzene rings is 1. The summed E-state index contributed by atoms with van der Waals surface area (Å²) in [5.74, 6) is 1.18. The van der Waals surface area contributed by atoms with E-state index < -0.39 is 0 Å². The summed E-state index contributed by atoms with van der Waals surface area (Å²) in [6, 6.07) is 10.2. The van der Waals surface area contributed by atoms with Crippen LogP contribution in [-0.2, 0) is 5.75 Å². The minimum absolute atomic E-state index is 0. The highest BCUT2D eigenvalue weighted by atomic mass is 35.5. The Kier molecular flexibility index (Phi) is 5.85. The van der Waals surface area contributed by atoms with Gasteiger partial charge in [0.2, 0.25) is 0 Å². The number of aromatic nitrogens is 3. The third kappa shape index (κ3) is 3.97. The zero-order valence-electron chi connectivity index (χ0n) is 10.7. The fourth-order valence-electron chi connectivity index (χ4n) is 1.41. The van der Waals surface area contributed by atoms with Gasteiger partial charge in [0, 0.05) is 19.8 Å². The molecule has 5 nitrogen and oxygen atoms in total. The lowest BCUT2D eigenvalue weighted by Crippen LogP contribution is -3.00. The van der Waals surface area contributed by atoms with Gasteiger partial charge in [0.05, 0.1) is 0 Å². The van der Waals surface area contributed by atoms with Crippen LogP contribution >= 0.6 is 11.8 Å². The maximum Gasteiger partial charge on any atom is 0.161 e. The lowest BCUT2D eigenvalue weighted by atomic mass is 10.2. The Morgan fingerprint density at radius 2 is 1.95 bits per heavy atom. The van der Waals surface area contributed by atoms with Crippen LogP contribution in [0.3, 0.4) is 0 Å². The van der Waals surface area contributed by atoms with Gasteiger partial charge in [-0.1, -0.05) is 42.1 Å². The number of hydrogen-bond acceptors (Lipinski definition) is 4. The molecule has 1 heterocycles. The quantitative estimate of drug-likeness (QED) is 0.431. The summed E-state index contributed by atoms with van der Waals surface area (Å²) in [6.07, 6.45) is 0. The highest BCUT2D eigenvalue weighted by Gasteiger charge is 2.14. The number of aromatic amines is 1. The van der Waals surface area contributed by atoms with Crippen molar-refractivity contribution in [2.24, 2.45) is 0 Å². The first kappa shape index (κ1) is 15.5. The maximum atomic E-state index is 7.92. The minimum atomic E-state index is 0. The van der Waals surface area contributed by atoms with Gasteiger partial charge in [-0.25, -0.2) is 0 Å². The molecular weight excluding hydrogens is 282 g/mol. The first-order valence-electron chi connectivity index (χ1n) is 5.52. The lowest BCUT2D eigenvalue weighted by Gasteiger charge is -2.11. The zero-order chi connectivity index (χ0) is 13.0. The standard InChI is InChI=1S/C12H15N5S.ClH/c1-17(2)11(13)10-12(15-16-14-10)18-8-9-6-4-3-5-7-9;/h3-7,13H,8H2,1-2H3,(H,14,15,16);1H/p-1. The van der Waals surface area contributed by atoms with Crippen molar-refractivity contribution in [3.05, 3.63) is 41.6 Å². The Bertz CT molecular complexity index is 526. The van der Waals surface area contributed by atoms with Crippen LogP contribution in [0.5, 0.6) is 0 Å². The largest absolute Gasteiger partial charge is 1.00 e. The number of nitrogens with one attached hydrogen (secondary N) is 2. The second-order valence-electron chi connectivity index (χ2n) is 3.99. The van der Waals surface area contributed by atoms with Crippen LogP contribution < -0.4 is 12.4 Å². The van der Waals surface area contributed by atoms with Crippen molar-refractivity contribution in [3.8, 4) is 0 Å². The third-order valence-corrected chi connectivity index (χ3v) is 3.44. The van der Waals surface area contributed by atoms with E-state index in [9.17, 15) is 0 Å². The SMILES string of the molecule is CN(C)C(=N)c1n[nH]nc1SCc1ccccc1.[Cl-]. The van der Waals surface area contributed by atoms with Crippen molar-refractivity contribution in [1.82, 2.24) is 20.3 Å². The smallest absolute Gasteiger partial charge is 0.161 e. The van der Waals surface area contributed by atoms with E-state index in [4.69, 9.17) is 5.41 Å². The van der Waals surface area contributed by atoms with E-state index in [1.165, 1.54) is 5.56 Å². The average molecular weight is 297 g/mol. The molecule has 0 aliphatic rings. The van der Waals surface area contributed by atoms with Crippen molar-refractivity contribution in [2.45, 2.75) is 10.8 Å². The molecule has 0 unspecified atom stereocenters. The third-order valence-electron chi connectivity index (χ3n) is 2.41. The van der Waals surface area contributed by atoms with Crippen molar-refractivity contribution in [1.29, 1.82) is 5.41 Å². The van der Waals surface area contributed by atoms with Gasteiger partial charge in [-0.2, -0.15) is 10.3 Å². The summed E-state index contributed by atoms with van der Waals surface area (Å²) in [4.78, 5) is 1.71. The molecule has 2 rings (SSSR count). The number of halogens is 1. The van der Waals surface area contributed by atoms with Crippen molar-refractivity contribution >= 4 is 17.6 Å². The molecule has 7 heteroatoms. The molecule has 102 valence electrons. The number of hydrogen-bond donors (Lipinski definition) is 2. The first-order valence-corrected chi connectivity index (χ1v) is 6.51. The summed E-state index contributed by atoms with van der Waals surface area (Å²) < 4.78 is 0. The normalized spacial score (nSPS) is 9.79. The van der Waals surface area contributed by atoms with Crippen molar-refractivity contribution in [3.63, 3.8) is 0 Å². The molecule has 0 saturated carbocycles. The van der Waals surface area contributed by atoms with Crippen LogP contribution in [0, 0.1) is 5.41 Å². The minimum Gasteiger partial charge on any atom is -1.00 e. The Morgan fingerprint density at radius 3 is 2.58 bits per heavy atom. The summed E-state index contributed by atoms with van der Waals surface area (Å²) in [5, 5.41) is 19.4. The van der Waals surface area contributed by atoms with Gasteiger partial charge in [0.1, 0.15) is 5.03 Å². The molecule has 19 heavy (non-hydrogen) atoms. The predicted octanol–water partition coefficient (Wildman–Crippen LogP) is -1.01. The van der Waals surface area contributed by atoms with E-state index in [2.05, 4.69) is 27.5 Å². The van der Waals surface area contributed by atoms with Crippen molar-refractivity contribution in [2.75, 3.05) is 14.1 Å². The fourth-order valence-corrected chi connectivity index (χ4v) is 2.29. The van der Waals surface area contributed by atoms with Crippen LogP contribution in [0.2, 0.25) is 0 Å². The average Bonchev–Trinajstić information content (AvgIpc) is 2.84. The first-order chi connectivity index (χ1) is 8.68. The van der Waals surface area contributed by atoms with Crippen LogP contribution in [0.4, 0.5) is 0 Å². The molecule has 0 saturated heterocycles. The lowest BCUT2D eigenvalue weighted by molar-refractivity contribution is -0.00000410. The number of nitrogens with zero attached hydrogens (tertiary/aromatic N) is 3. The van der Waals surface area contributed by atoms with Gasteiger partial charge in [-0.05, 0) is 5.56 Å². The van der Waals surface area contributed by atoms with Gasteiger partial charge in [-0.15, -0.1) is 5.10 Å². The van der Waals surface area contributed by atoms with E-state index in [-0.39, 0.29) is 12.4 Å². The van der Waals surface area contributed by atoms with Gasteiger partial charge >= 0.3 is 0 Å². The van der Waals surface area contributed by atoms with Crippen LogP contribution in [-0.4, -0.2) is 40.2 Å². The molecule has 0 radical (unpaired) electrons. The molecule has 1 aromatic carbocycles. The van der Waals surface area contributed by atoms with Gasteiger partial charge in [0.15, 0.2) is 11.5 Å². The zero-order valence-corrected chi connectivity index (χ0v) is 12.3. The highest BCUT2D eigenvalue weighted by Crippen LogP contribution is 2.23. The van der Waals surface area contributed by atoms with E-state index in [0.717, 1.165) is 10.8 Å². The fraction of sp³-hybridized carbons (Fsp3) is 0.250. The summed E-state index contributed by atoms with van der Waals surface area (Å²) in [6.45, 7) is 0. The van der Waals surface area contributed by atoms with E-state index in [1.54, 1.807) is 16.7 Å². The van der Waals surface area contributed by atoms with Crippen molar-refractivity contribution < 1.29 is 12.4 Å². The maximum absolute atomic E-state index is 7.92. The Labute approximate surface area is 122 Å². The molecule has 0 aliphatic carbocycles. The van der Waals surface area contributed by atoms with E-state index in [1.807, 2.05) is 32.3 Å². The highest BCUT2D eigenvalue weighted by molar-refractivity contribution is 7.98. The molecular formula is C12H15ClN5S-. The van der Waals surface area contributed by atoms with E-state index >= 15 is 0 Å². The Balaban J connectivity index is 0.00000180. The van der Waals surface area contributed by atoms with Gasteiger partial charge in [-0.3, -0.25) is 5.41 Å². The predicted molar refractivity (Wildman–Crippen MR) is 72.9 cm³/mol. The molecule has 2 N–H and O–H groups in total. The molecule has 0 spiro atoms. The number of rotatable bonds is 4. The van der Waals surface area contributed by atoms with E-state index in [0.29, 0.717) is 11.5 Å². The number of amidine groups is 1. The molecule has 0 amide bonds. The summed E-state index contributed by atoms with van der Waals surface area (Å²) >= 11 is 1.58. The van der Waals surface area contributed by atoms with Gasteiger partial charge < -0.3 is 17.3 Å². The summed E-state index contributed by atoms with van der Waals surface area (Å²) in [5.41, 5.74) is 1.83. The number of H-pyrrole nitrogens is 1. The number of thioether (sulfide) groups is 1. The monoisotopic (exact) mass is 296 g/mol. The van der Waals surface area contributed by atoms with Gasteiger partial charge in [0.25, 0.3) is 0 Å². The molecule has 1 aromatic heterocycles. The Hall–Kier alpha value is -1.53. The van der Waals surface area contributed by atoms with Crippen LogP contribution in [0.25, 0.3) is 0 Å². The van der Waals surface area contributed by atoms with Crippen LogP contribution in [0.15, 0.2) is 35.4 Å². The van der Waals surface area contributed by atoms with Crippen LogP contribution in [0.1, 0.15) is 11.3 Å². The Morgan fingerprint density at radius 1 is 1.26 bits per heavy atom. The second kappa shape index (κ2) is 7.16. The molecule has 0 bridgehead atoms. The molecule has 0 aliphatic heterocycles. The topological polar surface area (TPSA) is 68.7 Å².